The van der Waals surface area contributed by atoms with Crippen LogP contribution in [-0.2, 0) is 0 Å². The van der Waals surface area contributed by atoms with E-state index in [2.05, 4.69) is 26.6 Å². The Morgan fingerprint density at radius 3 is 2.47 bits per heavy atom. The molecule has 150 valence electrons. The fourth-order valence-electron chi connectivity index (χ4n) is 3.14. The van der Waals surface area contributed by atoms with Crippen molar-refractivity contribution in [1.82, 2.24) is 0 Å². The first kappa shape index (κ1) is 19.7. The number of ether oxygens (including phenoxy) is 1. The molecule has 0 aliphatic rings. The molecule has 2 N–H and O–H groups in total. The van der Waals surface area contributed by atoms with Gasteiger partial charge in [0.1, 0.15) is 5.75 Å². The lowest BCUT2D eigenvalue weighted by molar-refractivity contribution is 0.0995. The van der Waals surface area contributed by atoms with Crippen LogP contribution >= 0.6 is 15.9 Å². The highest BCUT2D eigenvalue weighted by atomic mass is 79.9. The van der Waals surface area contributed by atoms with E-state index >= 15 is 0 Å². The van der Waals surface area contributed by atoms with Crippen LogP contribution in [0, 0.1) is 0 Å². The zero-order valence-electron chi connectivity index (χ0n) is 15.9. The molecule has 0 unspecified atom stereocenters. The number of halogens is 1. The van der Waals surface area contributed by atoms with Crippen LogP contribution < -0.4 is 15.4 Å². The van der Waals surface area contributed by atoms with Crippen molar-refractivity contribution in [3.05, 3.63) is 88.8 Å². The first-order chi connectivity index (χ1) is 14.6. The minimum absolute atomic E-state index is 0.192. The van der Waals surface area contributed by atoms with Crippen molar-refractivity contribution in [1.29, 1.82) is 0 Å². The van der Waals surface area contributed by atoms with Crippen LogP contribution in [0.4, 0.5) is 11.4 Å². The van der Waals surface area contributed by atoms with Crippen LogP contribution in [-0.4, -0.2) is 18.9 Å². The predicted molar refractivity (Wildman–Crippen MR) is 119 cm³/mol. The highest BCUT2D eigenvalue weighted by molar-refractivity contribution is 9.10. The number of carbonyl (C=O) groups excluding carboxylic acids is 2. The summed E-state index contributed by atoms with van der Waals surface area (Å²) < 4.78 is 11.4. The number of methoxy groups -OCH3 is 1. The Kier molecular flexibility index (Phi) is 5.54. The average molecular weight is 465 g/mol. The van der Waals surface area contributed by atoms with Crippen LogP contribution in [0.1, 0.15) is 20.9 Å². The highest BCUT2D eigenvalue weighted by Crippen LogP contribution is 2.30. The van der Waals surface area contributed by atoms with Gasteiger partial charge in [-0.15, -0.1) is 0 Å². The van der Waals surface area contributed by atoms with E-state index in [0.717, 1.165) is 15.2 Å². The lowest BCUT2D eigenvalue weighted by atomic mass is 10.0. The van der Waals surface area contributed by atoms with Gasteiger partial charge in [-0.1, -0.05) is 40.2 Å². The highest BCUT2D eigenvalue weighted by Gasteiger charge is 2.15. The Hall–Kier alpha value is -3.58. The first-order valence-electron chi connectivity index (χ1n) is 9.08. The van der Waals surface area contributed by atoms with Gasteiger partial charge in [0, 0.05) is 15.7 Å². The van der Waals surface area contributed by atoms with Crippen molar-refractivity contribution in [2.75, 3.05) is 17.7 Å². The summed E-state index contributed by atoms with van der Waals surface area (Å²) in [5.41, 5.74) is 1.46. The molecule has 0 spiro atoms. The van der Waals surface area contributed by atoms with Crippen LogP contribution in [0.5, 0.6) is 5.75 Å². The third kappa shape index (κ3) is 3.92. The summed E-state index contributed by atoms with van der Waals surface area (Å²) in [5.74, 6) is -0.00800. The third-order valence-corrected chi connectivity index (χ3v) is 5.26. The van der Waals surface area contributed by atoms with Gasteiger partial charge in [0.05, 0.1) is 19.1 Å². The lowest BCUT2D eigenvalue weighted by Gasteiger charge is -2.14. The average Bonchev–Trinajstić information content (AvgIpc) is 3.29. The maximum atomic E-state index is 13.0. The van der Waals surface area contributed by atoms with Crippen molar-refractivity contribution in [3.63, 3.8) is 0 Å². The Morgan fingerprint density at radius 1 is 0.900 bits per heavy atom. The molecule has 1 heterocycles. The number of furan rings is 1. The van der Waals surface area contributed by atoms with Gasteiger partial charge < -0.3 is 19.8 Å². The van der Waals surface area contributed by atoms with E-state index < -0.39 is 0 Å². The molecule has 0 saturated carbocycles. The third-order valence-electron chi connectivity index (χ3n) is 4.56. The summed E-state index contributed by atoms with van der Waals surface area (Å²) in [6, 6.07) is 19.5. The molecule has 0 atom stereocenters. The number of amides is 2. The van der Waals surface area contributed by atoms with Gasteiger partial charge in [-0.05, 0) is 53.2 Å². The molecular weight excluding hydrogens is 448 g/mol. The summed E-state index contributed by atoms with van der Waals surface area (Å²) in [7, 11) is 1.52. The van der Waals surface area contributed by atoms with Gasteiger partial charge in [0.25, 0.3) is 11.8 Å². The summed E-state index contributed by atoms with van der Waals surface area (Å²) in [5, 5.41) is 7.39. The molecule has 0 bridgehead atoms. The van der Waals surface area contributed by atoms with Crippen LogP contribution in [0.2, 0.25) is 0 Å². The van der Waals surface area contributed by atoms with Gasteiger partial charge >= 0.3 is 0 Å². The zero-order chi connectivity index (χ0) is 21.1. The number of carbonyl (C=O) groups is 2. The number of hydrogen-bond acceptors (Lipinski definition) is 4. The van der Waals surface area contributed by atoms with Crippen LogP contribution in [0.25, 0.3) is 10.8 Å². The SMILES string of the molecule is COc1ccc(NC(=O)c2ccco2)cc1NC(=O)c1cccc2c(Br)cccc12. The number of benzene rings is 3. The molecule has 0 fully saturated rings. The second kappa shape index (κ2) is 8.42. The molecule has 0 aliphatic heterocycles. The van der Waals surface area contributed by atoms with Gasteiger partial charge in [-0.25, -0.2) is 0 Å². The molecule has 30 heavy (non-hydrogen) atoms. The number of rotatable bonds is 5. The standard InChI is InChI=1S/C23H17BrN2O4/c1-29-20-11-10-14(25-23(28)21-9-4-12-30-21)13-19(20)26-22(27)17-7-2-6-16-15(17)5-3-8-18(16)24/h2-13H,1H3,(H,25,28)(H,26,27). The fraction of sp³-hybridized carbons (Fsp3) is 0.0435. The van der Waals surface area contributed by atoms with E-state index in [4.69, 9.17) is 9.15 Å². The van der Waals surface area contributed by atoms with E-state index in [-0.39, 0.29) is 17.6 Å². The molecule has 7 heteroatoms. The molecule has 6 nitrogen and oxygen atoms in total. The van der Waals surface area contributed by atoms with E-state index in [9.17, 15) is 9.59 Å². The molecule has 0 saturated heterocycles. The number of anilines is 2. The molecular formula is C23H17BrN2O4. The maximum Gasteiger partial charge on any atom is 0.291 e. The lowest BCUT2D eigenvalue weighted by Crippen LogP contribution is -2.14. The Bertz CT molecular complexity index is 1240. The van der Waals surface area contributed by atoms with E-state index in [1.165, 1.54) is 13.4 Å². The molecule has 4 aromatic rings. The summed E-state index contributed by atoms with van der Waals surface area (Å²) in [4.78, 5) is 25.3. The molecule has 3 aromatic carbocycles. The van der Waals surface area contributed by atoms with Crippen molar-refractivity contribution in [3.8, 4) is 5.75 Å². The summed E-state index contributed by atoms with van der Waals surface area (Å²) in [6.45, 7) is 0. The molecule has 1 aromatic heterocycles. The second-order valence-corrected chi connectivity index (χ2v) is 7.30. The fourth-order valence-corrected chi connectivity index (χ4v) is 3.64. The Balaban J connectivity index is 1.63. The smallest absolute Gasteiger partial charge is 0.291 e. The molecule has 0 aliphatic carbocycles. The Labute approximate surface area is 181 Å². The minimum atomic E-state index is -0.388. The van der Waals surface area contributed by atoms with Crippen molar-refractivity contribution < 1.29 is 18.7 Å². The molecule has 0 radical (unpaired) electrons. The maximum absolute atomic E-state index is 13.0. The van der Waals surface area contributed by atoms with Crippen LogP contribution in [0.15, 0.2) is 81.9 Å². The quantitative estimate of drug-likeness (QED) is 0.396. The molecule has 2 amide bonds. The molecule has 4 rings (SSSR count). The number of hydrogen-bond donors (Lipinski definition) is 2. The van der Waals surface area contributed by atoms with Gasteiger partial charge in [-0.3, -0.25) is 9.59 Å². The number of fused-ring (bicyclic) bond motifs is 1. The van der Waals surface area contributed by atoms with Gasteiger partial charge in [0.15, 0.2) is 5.76 Å². The van der Waals surface area contributed by atoms with Gasteiger partial charge in [0.2, 0.25) is 0 Å². The topological polar surface area (TPSA) is 80.6 Å². The second-order valence-electron chi connectivity index (χ2n) is 6.44. The normalized spacial score (nSPS) is 10.6. The minimum Gasteiger partial charge on any atom is -0.495 e. The van der Waals surface area contributed by atoms with E-state index in [1.807, 2.05) is 30.3 Å². The van der Waals surface area contributed by atoms with Crippen molar-refractivity contribution >= 4 is 49.9 Å². The summed E-state index contributed by atoms with van der Waals surface area (Å²) >= 11 is 3.52. The first-order valence-corrected chi connectivity index (χ1v) is 9.87. The Morgan fingerprint density at radius 2 is 1.70 bits per heavy atom. The van der Waals surface area contributed by atoms with Crippen molar-refractivity contribution in [2.45, 2.75) is 0 Å². The number of nitrogens with one attached hydrogen (secondary N) is 2. The van der Waals surface area contributed by atoms with Crippen molar-refractivity contribution in [2.24, 2.45) is 0 Å². The van der Waals surface area contributed by atoms with E-state index in [1.54, 1.807) is 36.4 Å². The largest absolute Gasteiger partial charge is 0.495 e. The predicted octanol–water partition coefficient (Wildman–Crippen LogP) is 5.71. The zero-order valence-corrected chi connectivity index (χ0v) is 17.5. The van der Waals surface area contributed by atoms with E-state index in [0.29, 0.717) is 22.7 Å². The summed E-state index contributed by atoms with van der Waals surface area (Å²) in [6.07, 6.45) is 1.43. The monoisotopic (exact) mass is 464 g/mol. The van der Waals surface area contributed by atoms with Crippen LogP contribution in [0.3, 0.4) is 0 Å². The van der Waals surface area contributed by atoms with Gasteiger partial charge in [-0.2, -0.15) is 0 Å².